The Morgan fingerprint density at radius 1 is 1.54 bits per heavy atom. The van der Waals surface area contributed by atoms with Crippen molar-refractivity contribution in [1.29, 1.82) is 0 Å². The maximum absolute atomic E-state index is 5.31. The van der Waals surface area contributed by atoms with E-state index in [9.17, 15) is 0 Å². The Hall–Kier alpha value is -0.810. The first kappa shape index (κ1) is 10.3. The molecule has 1 saturated carbocycles. The van der Waals surface area contributed by atoms with E-state index in [1.54, 1.807) is 0 Å². The molecule has 1 aliphatic rings. The summed E-state index contributed by atoms with van der Waals surface area (Å²) in [7, 11) is 4.05. The zero-order valence-electron chi connectivity index (χ0n) is 8.38. The summed E-state index contributed by atoms with van der Waals surface area (Å²) in [5, 5.41) is 3.21. The van der Waals surface area contributed by atoms with Crippen LogP contribution in [0.25, 0.3) is 0 Å². The van der Waals surface area contributed by atoms with E-state index in [0.29, 0.717) is 12.0 Å². The number of nitrogens with two attached hydrogens (primary N) is 1. The lowest BCUT2D eigenvalue weighted by Gasteiger charge is -2.09. The molecule has 0 aromatic carbocycles. The Morgan fingerprint density at radius 3 is 2.69 bits per heavy atom. The second kappa shape index (κ2) is 5.04. The van der Waals surface area contributed by atoms with Gasteiger partial charge in [0.25, 0.3) is 0 Å². The van der Waals surface area contributed by atoms with E-state index < -0.39 is 0 Å². The molecule has 0 atom stereocenters. The topological polar surface area (TPSA) is 65.7 Å². The molecular formula is C8H19N5. The number of nitrogens with one attached hydrogen (secondary N) is 2. The van der Waals surface area contributed by atoms with Crippen LogP contribution in [0, 0.1) is 0 Å². The smallest absolute Gasteiger partial charge is 0.205 e. The van der Waals surface area contributed by atoms with E-state index in [4.69, 9.17) is 5.84 Å². The van der Waals surface area contributed by atoms with Crippen molar-refractivity contribution in [3.63, 3.8) is 0 Å². The second-order valence-electron chi connectivity index (χ2n) is 3.60. The highest BCUT2D eigenvalue weighted by atomic mass is 15.3. The molecule has 0 amide bonds. The number of guanidine groups is 1. The molecule has 0 heterocycles. The molecule has 1 aliphatic carbocycles. The van der Waals surface area contributed by atoms with Crippen LogP contribution in [0.5, 0.6) is 0 Å². The monoisotopic (exact) mass is 185 g/mol. The highest BCUT2D eigenvalue weighted by Crippen LogP contribution is 2.18. The van der Waals surface area contributed by atoms with Crippen LogP contribution in [0.2, 0.25) is 0 Å². The molecule has 5 heteroatoms. The zero-order valence-corrected chi connectivity index (χ0v) is 8.38. The molecule has 76 valence electrons. The van der Waals surface area contributed by atoms with Crippen molar-refractivity contribution in [3.8, 4) is 0 Å². The summed E-state index contributed by atoms with van der Waals surface area (Å²) in [6, 6.07) is 0.592. The maximum Gasteiger partial charge on any atom is 0.205 e. The van der Waals surface area contributed by atoms with Gasteiger partial charge in [-0.25, -0.2) is 5.84 Å². The van der Waals surface area contributed by atoms with Crippen molar-refractivity contribution in [2.45, 2.75) is 18.9 Å². The van der Waals surface area contributed by atoms with E-state index in [2.05, 4.69) is 20.6 Å². The first-order chi connectivity index (χ1) is 6.22. The highest BCUT2D eigenvalue weighted by molar-refractivity contribution is 5.79. The molecule has 0 saturated heterocycles. The van der Waals surface area contributed by atoms with Gasteiger partial charge in [-0.05, 0) is 26.9 Å². The lowest BCUT2D eigenvalue weighted by molar-refractivity contribution is 0.420. The largest absolute Gasteiger partial charge is 0.353 e. The third-order valence-corrected chi connectivity index (χ3v) is 1.87. The average molecular weight is 185 g/mol. The quantitative estimate of drug-likeness (QED) is 0.230. The van der Waals surface area contributed by atoms with Crippen molar-refractivity contribution in [3.05, 3.63) is 0 Å². The number of hydrogen-bond donors (Lipinski definition) is 3. The van der Waals surface area contributed by atoms with E-state index in [1.807, 2.05) is 14.1 Å². The molecule has 5 nitrogen and oxygen atoms in total. The lowest BCUT2D eigenvalue weighted by Crippen LogP contribution is -2.43. The number of aliphatic imine (C=N–C) groups is 1. The molecule has 0 unspecified atom stereocenters. The third-order valence-electron chi connectivity index (χ3n) is 1.87. The predicted molar refractivity (Wildman–Crippen MR) is 54.3 cm³/mol. The van der Waals surface area contributed by atoms with Gasteiger partial charge < -0.3 is 10.2 Å². The predicted octanol–water partition coefficient (Wildman–Crippen LogP) is -0.881. The van der Waals surface area contributed by atoms with Crippen LogP contribution in [0.4, 0.5) is 0 Å². The van der Waals surface area contributed by atoms with E-state index in [1.165, 1.54) is 12.8 Å². The van der Waals surface area contributed by atoms with Gasteiger partial charge in [0.2, 0.25) is 5.96 Å². The number of likely N-dealkylation sites (N-methyl/N-ethyl adjacent to an activating group) is 1. The molecule has 0 bridgehead atoms. The van der Waals surface area contributed by atoms with Crippen molar-refractivity contribution >= 4 is 5.96 Å². The molecule has 1 fully saturated rings. The molecule has 0 aromatic rings. The van der Waals surface area contributed by atoms with Crippen LogP contribution >= 0.6 is 0 Å². The standard InChI is InChI=1S/C8H19N5/c1-13(2)6-5-10-8(12-9)11-7-3-4-7/h7H,3-6,9H2,1-2H3,(H2,10,11,12). The lowest BCUT2D eigenvalue weighted by atomic mass is 10.6. The molecular weight excluding hydrogens is 166 g/mol. The van der Waals surface area contributed by atoms with Crippen LogP contribution in [-0.2, 0) is 0 Å². The van der Waals surface area contributed by atoms with E-state index in [-0.39, 0.29) is 0 Å². The van der Waals surface area contributed by atoms with Gasteiger partial charge in [-0.1, -0.05) is 0 Å². The molecule has 0 aliphatic heterocycles. The fraction of sp³-hybridized carbons (Fsp3) is 0.875. The van der Waals surface area contributed by atoms with Crippen LogP contribution in [-0.4, -0.2) is 44.1 Å². The molecule has 0 radical (unpaired) electrons. The number of rotatable bonds is 4. The summed E-state index contributed by atoms with van der Waals surface area (Å²) < 4.78 is 0. The first-order valence-corrected chi connectivity index (χ1v) is 4.64. The normalized spacial score (nSPS) is 17.7. The Bertz CT molecular complexity index is 173. The summed E-state index contributed by atoms with van der Waals surface area (Å²) >= 11 is 0. The minimum absolute atomic E-state index is 0.592. The average Bonchev–Trinajstić information content (AvgIpc) is 2.86. The Morgan fingerprint density at radius 2 is 2.23 bits per heavy atom. The first-order valence-electron chi connectivity index (χ1n) is 4.64. The molecule has 0 aromatic heterocycles. The van der Waals surface area contributed by atoms with Crippen molar-refractivity contribution in [1.82, 2.24) is 15.6 Å². The van der Waals surface area contributed by atoms with Gasteiger partial charge in [-0.3, -0.25) is 10.4 Å². The Labute approximate surface area is 79.4 Å². The fourth-order valence-electron chi connectivity index (χ4n) is 0.916. The zero-order chi connectivity index (χ0) is 9.68. The van der Waals surface area contributed by atoms with Gasteiger partial charge in [0.15, 0.2) is 0 Å². The van der Waals surface area contributed by atoms with Crippen LogP contribution in [0.3, 0.4) is 0 Å². The van der Waals surface area contributed by atoms with Gasteiger partial charge in [0.1, 0.15) is 0 Å². The highest BCUT2D eigenvalue weighted by Gasteiger charge is 2.21. The fourth-order valence-corrected chi connectivity index (χ4v) is 0.916. The molecule has 4 N–H and O–H groups in total. The van der Waals surface area contributed by atoms with Crippen molar-refractivity contribution in [2.24, 2.45) is 10.8 Å². The summed E-state index contributed by atoms with van der Waals surface area (Å²) in [4.78, 5) is 6.38. The third kappa shape index (κ3) is 4.69. The van der Waals surface area contributed by atoms with Crippen molar-refractivity contribution in [2.75, 3.05) is 27.2 Å². The maximum atomic E-state index is 5.31. The van der Waals surface area contributed by atoms with Gasteiger partial charge in [0.05, 0.1) is 6.54 Å². The Balaban J connectivity index is 2.18. The van der Waals surface area contributed by atoms with Gasteiger partial charge >= 0.3 is 0 Å². The van der Waals surface area contributed by atoms with Gasteiger partial charge in [-0.2, -0.15) is 0 Å². The molecule has 13 heavy (non-hydrogen) atoms. The second-order valence-corrected chi connectivity index (χ2v) is 3.60. The van der Waals surface area contributed by atoms with Crippen LogP contribution in [0.1, 0.15) is 12.8 Å². The van der Waals surface area contributed by atoms with E-state index >= 15 is 0 Å². The number of hydrogen-bond acceptors (Lipinski definition) is 3. The molecule has 0 spiro atoms. The minimum Gasteiger partial charge on any atom is -0.353 e. The van der Waals surface area contributed by atoms with Crippen molar-refractivity contribution < 1.29 is 0 Å². The summed E-state index contributed by atoms with van der Waals surface area (Å²) in [6.07, 6.45) is 2.46. The van der Waals surface area contributed by atoms with Gasteiger partial charge in [-0.15, -0.1) is 0 Å². The Kier molecular flexibility index (Phi) is 3.98. The number of hydrazine groups is 1. The summed E-state index contributed by atoms with van der Waals surface area (Å²) in [6.45, 7) is 1.71. The van der Waals surface area contributed by atoms with Gasteiger partial charge in [0, 0.05) is 12.6 Å². The summed E-state index contributed by atoms with van der Waals surface area (Å²) in [5.41, 5.74) is 2.57. The minimum atomic E-state index is 0.592. The van der Waals surface area contributed by atoms with Crippen LogP contribution in [0.15, 0.2) is 4.99 Å². The SMILES string of the molecule is CN(C)CCN=C(NN)NC1CC1. The van der Waals surface area contributed by atoms with Crippen LogP contribution < -0.4 is 16.6 Å². The summed E-state index contributed by atoms with van der Waals surface area (Å²) in [5.74, 6) is 6.02. The van der Waals surface area contributed by atoms with E-state index in [0.717, 1.165) is 13.1 Å². The molecule has 1 rings (SSSR count). The number of nitrogens with zero attached hydrogens (tertiary/aromatic N) is 2.